The van der Waals surface area contributed by atoms with Gasteiger partial charge < -0.3 is 19.3 Å². The minimum atomic E-state index is -6.91. The average Bonchev–Trinajstić information content (AvgIpc) is 2.55. The first-order valence-electron chi connectivity index (χ1n) is 7.06. The lowest BCUT2D eigenvalue weighted by atomic mass is 10.2. The molecule has 0 saturated carbocycles. The van der Waals surface area contributed by atoms with Crippen LogP contribution < -0.4 is 5.32 Å². The maximum Gasteiger partial charge on any atom is 0.466 e. The number of hydrogen-bond donors (Lipinski definition) is 1. The number of halogens is 7. The third-order valence-corrected chi connectivity index (χ3v) is 3.88. The molecule has 0 radical (unpaired) electrons. The van der Waals surface area contributed by atoms with Crippen LogP contribution in [0.4, 0.5) is 30.7 Å². The van der Waals surface area contributed by atoms with Gasteiger partial charge in [0.05, 0.1) is 6.61 Å². The Bertz CT molecular complexity index is 751. The standard InChI is InChI=1S/C13H14F7NO7S/c1-3-6-21-9(23)11(12(16,17)18,28-8(22)4-2)27-7-5-10(14,15)13(19,20)29(24,25)26/h3-4H,1-2,5-7H2,(H,21,23)(H,24,25,26)/p-1. The molecule has 1 amide bonds. The van der Waals surface area contributed by atoms with E-state index in [1.54, 1.807) is 0 Å². The molecule has 0 spiro atoms. The number of carbonyl (C=O) groups excluding carboxylic acids is 2. The van der Waals surface area contributed by atoms with Crippen molar-refractivity contribution in [3.8, 4) is 0 Å². The highest BCUT2D eigenvalue weighted by Crippen LogP contribution is 2.42. The van der Waals surface area contributed by atoms with E-state index in [0.29, 0.717) is 0 Å². The van der Waals surface area contributed by atoms with Gasteiger partial charge in [0, 0.05) is 19.0 Å². The number of esters is 1. The first kappa shape index (κ1) is 26.8. The van der Waals surface area contributed by atoms with Crippen LogP contribution in [0, 0.1) is 0 Å². The molecule has 0 aromatic rings. The van der Waals surface area contributed by atoms with Crippen molar-refractivity contribution in [3.05, 3.63) is 25.3 Å². The number of rotatable bonds is 11. The Hall–Kier alpha value is -2.20. The molecule has 0 aromatic carbocycles. The van der Waals surface area contributed by atoms with Crippen LogP contribution in [0.1, 0.15) is 6.42 Å². The normalized spacial score (nSPS) is 15.2. The molecule has 168 valence electrons. The molecular weight excluding hydrogens is 447 g/mol. The second-order valence-electron chi connectivity index (χ2n) is 5.01. The molecule has 1 unspecified atom stereocenters. The maximum absolute atomic E-state index is 13.4. The van der Waals surface area contributed by atoms with E-state index in [4.69, 9.17) is 0 Å². The van der Waals surface area contributed by atoms with E-state index in [9.17, 15) is 53.3 Å². The fraction of sp³-hybridized carbons (Fsp3) is 0.538. The van der Waals surface area contributed by atoms with Crippen molar-refractivity contribution < 1.29 is 62.8 Å². The maximum atomic E-state index is 13.4. The first-order valence-corrected chi connectivity index (χ1v) is 8.47. The van der Waals surface area contributed by atoms with Crippen LogP contribution in [0.2, 0.25) is 0 Å². The Kier molecular flexibility index (Phi) is 8.39. The van der Waals surface area contributed by atoms with Gasteiger partial charge in [0.15, 0.2) is 10.1 Å². The lowest BCUT2D eigenvalue weighted by Crippen LogP contribution is -2.61. The molecule has 0 aromatic heterocycles. The van der Waals surface area contributed by atoms with E-state index in [2.05, 4.69) is 22.6 Å². The monoisotopic (exact) mass is 460 g/mol. The van der Waals surface area contributed by atoms with Crippen LogP contribution in [-0.2, 0) is 29.2 Å². The molecule has 0 heterocycles. The third kappa shape index (κ3) is 5.89. The Morgan fingerprint density at radius 3 is 1.97 bits per heavy atom. The Morgan fingerprint density at radius 2 is 1.59 bits per heavy atom. The lowest BCUT2D eigenvalue weighted by molar-refractivity contribution is -0.349. The molecule has 29 heavy (non-hydrogen) atoms. The average molecular weight is 460 g/mol. The number of alkyl halides is 7. The molecule has 8 nitrogen and oxygen atoms in total. The topological polar surface area (TPSA) is 122 Å². The van der Waals surface area contributed by atoms with E-state index >= 15 is 0 Å². The fourth-order valence-electron chi connectivity index (χ4n) is 1.53. The zero-order valence-corrected chi connectivity index (χ0v) is 14.9. The minimum absolute atomic E-state index is 0.150. The minimum Gasteiger partial charge on any atom is -0.743 e. The molecule has 16 heteroatoms. The van der Waals surface area contributed by atoms with Crippen molar-refractivity contribution in [2.45, 2.75) is 29.6 Å². The van der Waals surface area contributed by atoms with Crippen molar-refractivity contribution in [1.82, 2.24) is 5.32 Å². The highest BCUT2D eigenvalue weighted by molar-refractivity contribution is 7.86. The van der Waals surface area contributed by atoms with Crippen molar-refractivity contribution in [2.75, 3.05) is 13.2 Å². The van der Waals surface area contributed by atoms with E-state index in [1.165, 1.54) is 5.32 Å². The van der Waals surface area contributed by atoms with Crippen LogP contribution in [0.15, 0.2) is 25.3 Å². The molecule has 0 aliphatic rings. The highest BCUT2D eigenvalue weighted by atomic mass is 32.2. The van der Waals surface area contributed by atoms with Crippen molar-refractivity contribution >= 4 is 22.0 Å². The number of hydrogen-bond acceptors (Lipinski definition) is 7. The number of ether oxygens (including phenoxy) is 2. The van der Waals surface area contributed by atoms with Gasteiger partial charge in [-0.05, 0) is 0 Å². The fourth-order valence-corrected chi connectivity index (χ4v) is 1.99. The Morgan fingerprint density at radius 1 is 1.07 bits per heavy atom. The number of amides is 1. The summed E-state index contributed by atoms with van der Waals surface area (Å²) in [5.41, 5.74) is 0. The molecular formula is C13H13F7NO7S-. The van der Waals surface area contributed by atoms with Gasteiger partial charge in [-0.3, -0.25) is 4.79 Å². The van der Waals surface area contributed by atoms with Gasteiger partial charge in [0.25, 0.3) is 0 Å². The molecule has 0 aliphatic heterocycles. The Labute approximate surface area is 159 Å². The van der Waals surface area contributed by atoms with Crippen LogP contribution >= 0.6 is 0 Å². The van der Waals surface area contributed by atoms with Crippen molar-refractivity contribution in [2.24, 2.45) is 0 Å². The summed E-state index contributed by atoms with van der Waals surface area (Å²) in [7, 11) is -6.91. The summed E-state index contributed by atoms with van der Waals surface area (Å²) in [6, 6.07) is 0. The lowest BCUT2D eigenvalue weighted by Gasteiger charge is -2.34. The largest absolute Gasteiger partial charge is 0.743 e. The zero-order valence-electron chi connectivity index (χ0n) is 14.1. The quantitative estimate of drug-likeness (QED) is 0.124. The van der Waals surface area contributed by atoms with Gasteiger partial charge in [-0.25, -0.2) is 13.2 Å². The SMILES string of the molecule is C=CCNC(=O)C(OCCC(F)(F)C(F)(F)S(=O)(=O)[O-])(OC(=O)C=C)C(F)(F)F. The zero-order chi connectivity index (χ0) is 23.3. The second-order valence-corrected chi connectivity index (χ2v) is 6.43. The second kappa shape index (κ2) is 9.08. The van der Waals surface area contributed by atoms with Crippen molar-refractivity contribution in [1.29, 1.82) is 0 Å². The van der Waals surface area contributed by atoms with E-state index < -0.39 is 64.7 Å². The smallest absolute Gasteiger partial charge is 0.466 e. The van der Waals surface area contributed by atoms with Crippen LogP contribution in [0.5, 0.6) is 0 Å². The van der Waals surface area contributed by atoms with Gasteiger partial charge in [0.1, 0.15) is 0 Å². The molecule has 1 N–H and O–H groups in total. The van der Waals surface area contributed by atoms with Crippen LogP contribution in [0.25, 0.3) is 0 Å². The highest BCUT2D eigenvalue weighted by Gasteiger charge is 2.67. The molecule has 1 atom stereocenters. The van der Waals surface area contributed by atoms with Crippen LogP contribution in [-0.4, -0.2) is 61.1 Å². The predicted molar refractivity (Wildman–Crippen MR) is 78.4 cm³/mol. The Balaban J connectivity index is 5.89. The van der Waals surface area contributed by atoms with Gasteiger partial charge in [-0.15, -0.1) is 6.58 Å². The van der Waals surface area contributed by atoms with Gasteiger partial charge in [-0.2, -0.15) is 30.7 Å². The molecule has 0 aliphatic carbocycles. The van der Waals surface area contributed by atoms with Gasteiger partial charge in [-0.1, -0.05) is 12.7 Å². The summed E-state index contributed by atoms with van der Waals surface area (Å²) in [4.78, 5) is 23.0. The summed E-state index contributed by atoms with van der Waals surface area (Å²) < 4.78 is 132. The number of nitrogens with one attached hydrogen (secondary N) is 1. The number of carbonyl (C=O) groups is 2. The molecule has 0 saturated heterocycles. The summed E-state index contributed by atoms with van der Waals surface area (Å²) >= 11 is 0. The van der Waals surface area contributed by atoms with E-state index in [-0.39, 0.29) is 6.08 Å². The summed E-state index contributed by atoms with van der Waals surface area (Å²) in [5.74, 6) is -14.4. The summed E-state index contributed by atoms with van der Waals surface area (Å²) in [5, 5.41) is -4.68. The summed E-state index contributed by atoms with van der Waals surface area (Å²) in [6.45, 7) is 3.09. The van der Waals surface area contributed by atoms with E-state index in [0.717, 1.165) is 6.08 Å². The predicted octanol–water partition coefficient (Wildman–Crippen LogP) is 1.46. The van der Waals surface area contributed by atoms with Gasteiger partial charge in [0.2, 0.25) is 0 Å². The first-order chi connectivity index (χ1) is 12.9. The van der Waals surface area contributed by atoms with Crippen LogP contribution in [0.3, 0.4) is 0 Å². The molecule has 0 rings (SSSR count). The van der Waals surface area contributed by atoms with Gasteiger partial charge >= 0.3 is 35.0 Å². The van der Waals surface area contributed by atoms with Crippen molar-refractivity contribution in [3.63, 3.8) is 0 Å². The van der Waals surface area contributed by atoms with E-state index in [1.807, 2.05) is 0 Å². The third-order valence-electron chi connectivity index (χ3n) is 2.95. The molecule has 0 bridgehead atoms. The summed E-state index contributed by atoms with van der Waals surface area (Å²) in [6.07, 6.45) is -7.36. The molecule has 0 fully saturated rings.